The van der Waals surface area contributed by atoms with Gasteiger partial charge in [0.25, 0.3) is 0 Å². The predicted molar refractivity (Wildman–Crippen MR) is 83.8 cm³/mol. The number of methoxy groups -OCH3 is 2. The second-order valence-electron chi connectivity index (χ2n) is 4.82. The Hall–Kier alpha value is -3.26. The van der Waals surface area contributed by atoms with Crippen LogP contribution in [0.5, 0.6) is 11.5 Å². The van der Waals surface area contributed by atoms with Crippen LogP contribution in [0.3, 0.4) is 0 Å². The molecule has 1 aliphatic rings. The molecule has 3 rings (SSSR count). The van der Waals surface area contributed by atoms with Crippen molar-refractivity contribution in [2.24, 2.45) is 0 Å². The van der Waals surface area contributed by atoms with Gasteiger partial charge >= 0.3 is 5.97 Å². The minimum Gasteiger partial charge on any atom is -0.493 e. The molecule has 1 aliphatic heterocycles. The van der Waals surface area contributed by atoms with Gasteiger partial charge in [-0.05, 0) is 29.8 Å². The van der Waals surface area contributed by atoms with Gasteiger partial charge in [-0.15, -0.1) is 0 Å². The smallest absolute Gasteiger partial charge is 0.344 e. The van der Waals surface area contributed by atoms with Crippen molar-refractivity contribution in [1.29, 1.82) is 5.26 Å². The van der Waals surface area contributed by atoms with Crippen LogP contribution in [0.4, 0.5) is 0 Å². The third kappa shape index (κ3) is 2.40. The maximum Gasteiger partial charge on any atom is 0.344 e. The van der Waals surface area contributed by atoms with E-state index in [1.807, 2.05) is 0 Å². The highest BCUT2D eigenvalue weighted by molar-refractivity contribution is 6.10. The zero-order valence-corrected chi connectivity index (χ0v) is 12.6. The van der Waals surface area contributed by atoms with Crippen LogP contribution < -0.4 is 9.47 Å². The van der Waals surface area contributed by atoms with Gasteiger partial charge in [0, 0.05) is 5.56 Å². The Morgan fingerprint density at radius 3 is 2.39 bits per heavy atom. The number of hydrogen-bond acceptors (Lipinski definition) is 5. The maximum absolute atomic E-state index is 11.9. The molecule has 2 aromatic rings. The number of esters is 1. The molecule has 0 radical (unpaired) electrons. The zero-order chi connectivity index (χ0) is 16.4. The summed E-state index contributed by atoms with van der Waals surface area (Å²) in [5.41, 5.74) is 1.92. The third-order valence-electron chi connectivity index (χ3n) is 3.60. The molecule has 0 aromatic heterocycles. The van der Waals surface area contributed by atoms with E-state index in [4.69, 9.17) is 14.2 Å². The van der Waals surface area contributed by atoms with E-state index in [0.717, 1.165) is 0 Å². The Labute approximate surface area is 133 Å². The molecule has 114 valence electrons. The molecule has 5 heteroatoms. The number of nitrogens with zero attached hydrogens (tertiary/aromatic N) is 1. The Bertz CT molecular complexity index is 862. The van der Waals surface area contributed by atoms with E-state index in [1.54, 1.807) is 42.5 Å². The van der Waals surface area contributed by atoms with Gasteiger partial charge in [0.15, 0.2) is 17.3 Å². The molecule has 0 unspecified atom stereocenters. The minimum atomic E-state index is -0.455. The SMILES string of the molecule is COc1ccc(/C(C#N)=C2/OC(=O)c3ccccc32)cc1OC. The van der Waals surface area contributed by atoms with Crippen LogP contribution in [0.2, 0.25) is 0 Å². The van der Waals surface area contributed by atoms with E-state index >= 15 is 0 Å². The Balaban J connectivity index is 2.19. The van der Waals surface area contributed by atoms with Gasteiger partial charge < -0.3 is 14.2 Å². The van der Waals surface area contributed by atoms with Crippen LogP contribution in [-0.4, -0.2) is 20.2 Å². The molecule has 1 heterocycles. The van der Waals surface area contributed by atoms with Crippen molar-refractivity contribution in [3.05, 3.63) is 59.2 Å². The fourth-order valence-corrected chi connectivity index (χ4v) is 2.49. The number of benzene rings is 2. The van der Waals surface area contributed by atoms with Crippen LogP contribution in [0.15, 0.2) is 42.5 Å². The number of nitriles is 1. The molecule has 0 saturated carbocycles. The molecule has 0 saturated heterocycles. The first-order valence-electron chi connectivity index (χ1n) is 6.88. The fraction of sp³-hybridized carbons (Fsp3) is 0.111. The van der Waals surface area contributed by atoms with Crippen LogP contribution in [0, 0.1) is 11.3 Å². The maximum atomic E-state index is 11.9. The van der Waals surface area contributed by atoms with Gasteiger partial charge in [0.1, 0.15) is 11.6 Å². The van der Waals surface area contributed by atoms with E-state index in [-0.39, 0.29) is 11.3 Å². The van der Waals surface area contributed by atoms with Crippen molar-refractivity contribution in [2.75, 3.05) is 14.2 Å². The highest BCUT2D eigenvalue weighted by Crippen LogP contribution is 2.37. The standard InChI is InChI=1S/C18H13NO4/c1-21-15-8-7-11(9-16(15)22-2)14(10-19)17-12-5-3-4-6-13(12)18(20)23-17/h3-9H,1-2H3/b17-14+. The molecule has 0 bridgehead atoms. The van der Waals surface area contributed by atoms with Crippen LogP contribution in [0.25, 0.3) is 11.3 Å². The van der Waals surface area contributed by atoms with Crippen molar-refractivity contribution in [1.82, 2.24) is 0 Å². The monoisotopic (exact) mass is 307 g/mol. The summed E-state index contributed by atoms with van der Waals surface area (Å²) < 4.78 is 15.8. The molecule has 0 N–H and O–H groups in total. The summed E-state index contributed by atoms with van der Waals surface area (Å²) in [6, 6.07) is 14.2. The third-order valence-corrected chi connectivity index (χ3v) is 3.60. The summed E-state index contributed by atoms with van der Waals surface area (Å²) in [4.78, 5) is 11.9. The lowest BCUT2D eigenvalue weighted by molar-refractivity contribution is 0.0716. The van der Waals surface area contributed by atoms with Crippen molar-refractivity contribution < 1.29 is 19.0 Å². The highest BCUT2D eigenvalue weighted by Gasteiger charge is 2.29. The zero-order valence-electron chi connectivity index (χ0n) is 12.6. The largest absolute Gasteiger partial charge is 0.493 e. The fourth-order valence-electron chi connectivity index (χ4n) is 2.49. The summed E-state index contributed by atoms with van der Waals surface area (Å²) in [6.45, 7) is 0. The highest BCUT2D eigenvalue weighted by atomic mass is 16.5. The Morgan fingerprint density at radius 1 is 1.04 bits per heavy atom. The average molecular weight is 307 g/mol. The number of fused-ring (bicyclic) bond motifs is 1. The van der Waals surface area contributed by atoms with E-state index in [9.17, 15) is 10.1 Å². The van der Waals surface area contributed by atoms with Gasteiger partial charge in [0.2, 0.25) is 0 Å². The number of ether oxygens (including phenoxy) is 3. The van der Waals surface area contributed by atoms with E-state index in [1.165, 1.54) is 14.2 Å². The summed E-state index contributed by atoms with van der Waals surface area (Å²) in [5.74, 6) is 0.863. The lowest BCUT2D eigenvalue weighted by Gasteiger charge is -2.10. The molecule has 0 fully saturated rings. The van der Waals surface area contributed by atoms with Gasteiger partial charge in [-0.1, -0.05) is 18.2 Å². The summed E-state index contributed by atoms with van der Waals surface area (Å²) in [6.07, 6.45) is 0. The number of carbonyl (C=O) groups excluding carboxylic acids is 1. The van der Waals surface area contributed by atoms with Crippen molar-refractivity contribution >= 4 is 17.3 Å². The first-order chi connectivity index (χ1) is 11.2. The minimum absolute atomic E-state index is 0.264. The molecule has 0 spiro atoms. The van der Waals surface area contributed by atoms with E-state index in [2.05, 4.69) is 6.07 Å². The number of carbonyl (C=O) groups is 1. The van der Waals surface area contributed by atoms with E-state index < -0.39 is 5.97 Å². The normalized spacial score (nSPS) is 14.6. The summed E-state index contributed by atoms with van der Waals surface area (Å²) in [5, 5.41) is 9.57. The van der Waals surface area contributed by atoms with Gasteiger partial charge in [-0.25, -0.2) is 4.79 Å². The molecular weight excluding hydrogens is 294 g/mol. The topological polar surface area (TPSA) is 68.5 Å². The quantitative estimate of drug-likeness (QED) is 0.643. The average Bonchev–Trinajstić information content (AvgIpc) is 2.92. The lowest BCUT2D eigenvalue weighted by atomic mass is 10.00. The van der Waals surface area contributed by atoms with Gasteiger partial charge in [-0.3, -0.25) is 0 Å². The Morgan fingerprint density at radius 2 is 1.74 bits per heavy atom. The van der Waals surface area contributed by atoms with Crippen molar-refractivity contribution in [2.45, 2.75) is 0 Å². The Kier molecular flexibility index (Phi) is 3.73. The molecule has 0 aliphatic carbocycles. The first kappa shape index (κ1) is 14.7. The number of cyclic esters (lactones) is 1. The summed E-state index contributed by atoms with van der Waals surface area (Å²) >= 11 is 0. The van der Waals surface area contributed by atoms with E-state index in [0.29, 0.717) is 28.2 Å². The van der Waals surface area contributed by atoms with Crippen LogP contribution in [0.1, 0.15) is 21.5 Å². The summed E-state index contributed by atoms with van der Waals surface area (Å²) in [7, 11) is 3.06. The van der Waals surface area contributed by atoms with Crippen molar-refractivity contribution in [3.63, 3.8) is 0 Å². The second-order valence-corrected chi connectivity index (χ2v) is 4.82. The first-order valence-corrected chi connectivity index (χ1v) is 6.88. The van der Waals surface area contributed by atoms with Crippen LogP contribution >= 0.6 is 0 Å². The predicted octanol–water partition coefficient (Wildman–Crippen LogP) is 3.27. The number of hydrogen-bond donors (Lipinski definition) is 0. The molecule has 0 amide bonds. The van der Waals surface area contributed by atoms with Gasteiger partial charge in [0.05, 0.1) is 19.8 Å². The molecule has 2 aromatic carbocycles. The molecule has 5 nitrogen and oxygen atoms in total. The molecule has 23 heavy (non-hydrogen) atoms. The second kappa shape index (κ2) is 5.85. The van der Waals surface area contributed by atoms with Crippen LogP contribution in [-0.2, 0) is 4.74 Å². The van der Waals surface area contributed by atoms with Gasteiger partial charge in [-0.2, -0.15) is 5.26 Å². The molecular formula is C18H13NO4. The number of allylic oxidation sites excluding steroid dienone is 1. The molecule has 0 atom stereocenters. The van der Waals surface area contributed by atoms with Crippen molar-refractivity contribution in [3.8, 4) is 17.6 Å². The number of rotatable bonds is 3. The lowest BCUT2D eigenvalue weighted by Crippen LogP contribution is -1.95.